The van der Waals surface area contributed by atoms with Gasteiger partial charge in [-0.05, 0) is 62.8 Å². The summed E-state index contributed by atoms with van der Waals surface area (Å²) >= 11 is 0. The summed E-state index contributed by atoms with van der Waals surface area (Å²) < 4.78 is 6.35. The highest BCUT2D eigenvalue weighted by Crippen LogP contribution is 2.45. The first-order valence-corrected chi connectivity index (χ1v) is 11.5. The Morgan fingerprint density at radius 2 is 1.94 bits per heavy atom. The molecule has 0 saturated heterocycles. The average molecular weight is 441 g/mol. The van der Waals surface area contributed by atoms with E-state index in [2.05, 4.69) is 29.6 Å². The van der Waals surface area contributed by atoms with Gasteiger partial charge in [0.05, 0.1) is 5.56 Å². The molecule has 0 spiro atoms. The molecule has 2 heterocycles. The molecule has 6 nitrogen and oxygen atoms in total. The zero-order valence-corrected chi connectivity index (χ0v) is 19.5. The summed E-state index contributed by atoms with van der Waals surface area (Å²) in [6.07, 6.45) is 4.23. The highest BCUT2D eigenvalue weighted by molar-refractivity contribution is 6.02. The van der Waals surface area contributed by atoms with Gasteiger partial charge in [-0.1, -0.05) is 36.4 Å². The van der Waals surface area contributed by atoms with Crippen LogP contribution in [0.25, 0.3) is 27.8 Å². The first-order chi connectivity index (χ1) is 15.8. The third-order valence-electron chi connectivity index (χ3n) is 6.22. The lowest BCUT2D eigenvalue weighted by Crippen LogP contribution is -2.47. The van der Waals surface area contributed by atoms with Gasteiger partial charge < -0.3 is 14.6 Å². The predicted molar refractivity (Wildman–Crippen MR) is 129 cm³/mol. The fourth-order valence-corrected chi connectivity index (χ4v) is 4.48. The highest BCUT2D eigenvalue weighted by Gasteiger charge is 2.33. The standard InChI is InChI=1S/C27H28N4O2/c1-16-20(14-28)23-24(33-25(29-23)18-10-11-18)22(21(16)17-8-6-5-7-9-17)19-12-13-31(15-19)26(32)30-27(2,3)4/h5-9,12,18H,10-11,13,15H2,1-4H3,(H,30,32). The number of urea groups is 1. The Hall–Kier alpha value is -3.59. The molecule has 1 N–H and O–H groups in total. The lowest BCUT2D eigenvalue weighted by atomic mass is 9.87. The SMILES string of the molecule is Cc1c(-c2ccccc2)c(C2=CCN(C(=O)NC(C)(C)C)C2)c2oc(C3CC3)nc2c1C#N. The van der Waals surface area contributed by atoms with Crippen LogP contribution in [0.5, 0.6) is 0 Å². The van der Waals surface area contributed by atoms with E-state index in [0.29, 0.717) is 41.6 Å². The van der Waals surface area contributed by atoms with E-state index in [9.17, 15) is 10.1 Å². The first kappa shape index (κ1) is 21.3. The number of nitrogens with one attached hydrogen (secondary N) is 1. The van der Waals surface area contributed by atoms with Gasteiger partial charge in [0.15, 0.2) is 11.5 Å². The van der Waals surface area contributed by atoms with Gasteiger partial charge in [-0.15, -0.1) is 0 Å². The van der Waals surface area contributed by atoms with Crippen molar-refractivity contribution in [2.45, 2.75) is 52.0 Å². The number of carbonyl (C=O) groups is 1. The van der Waals surface area contributed by atoms with E-state index in [1.807, 2.05) is 45.9 Å². The zero-order valence-electron chi connectivity index (χ0n) is 19.5. The van der Waals surface area contributed by atoms with Crippen molar-refractivity contribution in [3.8, 4) is 17.2 Å². The molecule has 1 aliphatic carbocycles. The number of hydrogen-bond donors (Lipinski definition) is 1. The summed E-state index contributed by atoms with van der Waals surface area (Å²) in [4.78, 5) is 19.4. The number of fused-ring (bicyclic) bond motifs is 1. The monoisotopic (exact) mass is 440 g/mol. The Morgan fingerprint density at radius 1 is 1.21 bits per heavy atom. The molecular weight excluding hydrogens is 412 g/mol. The van der Waals surface area contributed by atoms with Crippen LogP contribution in [-0.2, 0) is 0 Å². The van der Waals surface area contributed by atoms with Crippen LogP contribution in [0, 0.1) is 18.3 Å². The van der Waals surface area contributed by atoms with Gasteiger partial charge in [-0.25, -0.2) is 9.78 Å². The number of carbonyl (C=O) groups excluding carboxylic acids is 1. The number of rotatable bonds is 3. The molecule has 1 fully saturated rings. The summed E-state index contributed by atoms with van der Waals surface area (Å²) in [7, 11) is 0. The van der Waals surface area contributed by atoms with E-state index in [1.54, 1.807) is 4.90 Å². The molecule has 1 saturated carbocycles. The van der Waals surface area contributed by atoms with Crippen LogP contribution in [0.15, 0.2) is 40.8 Å². The quantitative estimate of drug-likeness (QED) is 0.561. The molecule has 0 atom stereocenters. The van der Waals surface area contributed by atoms with Crippen LogP contribution < -0.4 is 5.32 Å². The first-order valence-electron chi connectivity index (χ1n) is 11.5. The minimum absolute atomic E-state index is 0.0899. The summed E-state index contributed by atoms with van der Waals surface area (Å²) in [5.41, 5.74) is 6.38. The number of oxazole rings is 1. The maximum atomic E-state index is 12.8. The average Bonchev–Trinajstić information content (AvgIpc) is 3.34. The van der Waals surface area contributed by atoms with Crippen LogP contribution in [0.3, 0.4) is 0 Å². The minimum Gasteiger partial charge on any atom is -0.440 e. The van der Waals surface area contributed by atoms with Crippen LogP contribution in [0.1, 0.15) is 62.1 Å². The van der Waals surface area contributed by atoms with Gasteiger partial charge >= 0.3 is 6.03 Å². The molecule has 6 heteroatoms. The van der Waals surface area contributed by atoms with Crippen molar-refractivity contribution < 1.29 is 9.21 Å². The van der Waals surface area contributed by atoms with Crippen LogP contribution in [0.4, 0.5) is 4.79 Å². The van der Waals surface area contributed by atoms with Crippen molar-refractivity contribution in [2.75, 3.05) is 13.1 Å². The Balaban J connectivity index is 1.68. The lowest BCUT2D eigenvalue weighted by Gasteiger charge is -2.26. The topological polar surface area (TPSA) is 82.2 Å². The third kappa shape index (κ3) is 3.89. The number of hydrogen-bond acceptors (Lipinski definition) is 4. The molecule has 2 aliphatic rings. The molecule has 0 unspecified atom stereocenters. The summed E-state index contributed by atoms with van der Waals surface area (Å²) in [6, 6.07) is 12.4. The molecule has 2 amide bonds. The molecule has 2 aromatic carbocycles. The van der Waals surface area contributed by atoms with E-state index in [4.69, 9.17) is 9.40 Å². The molecule has 3 aromatic rings. The molecule has 33 heavy (non-hydrogen) atoms. The second kappa shape index (κ2) is 7.77. The van der Waals surface area contributed by atoms with Crippen molar-refractivity contribution in [2.24, 2.45) is 0 Å². The summed E-state index contributed by atoms with van der Waals surface area (Å²) in [5, 5.41) is 13.1. The van der Waals surface area contributed by atoms with Crippen molar-refractivity contribution in [3.63, 3.8) is 0 Å². The molecular formula is C27H28N4O2. The van der Waals surface area contributed by atoms with Crippen molar-refractivity contribution in [1.82, 2.24) is 15.2 Å². The van der Waals surface area contributed by atoms with E-state index in [0.717, 1.165) is 40.7 Å². The molecule has 0 bridgehead atoms. The number of amides is 2. The van der Waals surface area contributed by atoms with Crippen LogP contribution in [-0.4, -0.2) is 34.5 Å². The van der Waals surface area contributed by atoms with Crippen molar-refractivity contribution in [3.05, 3.63) is 59.0 Å². The number of nitriles is 1. The van der Waals surface area contributed by atoms with Crippen LogP contribution >= 0.6 is 0 Å². The minimum atomic E-state index is -0.308. The smallest absolute Gasteiger partial charge is 0.318 e. The molecule has 0 radical (unpaired) electrons. The normalized spacial score (nSPS) is 16.1. The second-order valence-corrected chi connectivity index (χ2v) is 10.0. The predicted octanol–water partition coefficient (Wildman–Crippen LogP) is 5.76. The van der Waals surface area contributed by atoms with Gasteiger partial charge in [0.2, 0.25) is 0 Å². The van der Waals surface area contributed by atoms with E-state index in [1.165, 1.54) is 0 Å². The molecule has 5 rings (SSSR count). The fourth-order valence-electron chi connectivity index (χ4n) is 4.48. The maximum Gasteiger partial charge on any atom is 0.318 e. The summed E-state index contributed by atoms with van der Waals surface area (Å²) in [6.45, 7) is 8.91. The molecule has 168 valence electrons. The van der Waals surface area contributed by atoms with Gasteiger partial charge in [0, 0.05) is 30.1 Å². The van der Waals surface area contributed by atoms with Gasteiger partial charge in [0.1, 0.15) is 11.6 Å². The van der Waals surface area contributed by atoms with E-state index >= 15 is 0 Å². The third-order valence-corrected chi connectivity index (χ3v) is 6.22. The van der Waals surface area contributed by atoms with Gasteiger partial charge in [-0.2, -0.15) is 5.26 Å². The Labute approximate surface area is 193 Å². The highest BCUT2D eigenvalue weighted by atomic mass is 16.3. The number of benzene rings is 2. The number of aromatic nitrogens is 1. The van der Waals surface area contributed by atoms with Crippen molar-refractivity contribution >= 4 is 22.7 Å². The number of nitrogens with zero attached hydrogens (tertiary/aromatic N) is 3. The van der Waals surface area contributed by atoms with Crippen molar-refractivity contribution in [1.29, 1.82) is 5.26 Å². The van der Waals surface area contributed by atoms with Crippen LogP contribution in [0.2, 0.25) is 0 Å². The van der Waals surface area contributed by atoms with Gasteiger partial charge in [0.25, 0.3) is 0 Å². The Bertz CT molecular complexity index is 1320. The zero-order chi connectivity index (χ0) is 23.3. The Kier molecular flexibility index (Phi) is 5.01. The Morgan fingerprint density at radius 3 is 2.58 bits per heavy atom. The van der Waals surface area contributed by atoms with E-state index in [-0.39, 0.29) is 11.6 Å². The fraction of sp³-hybridized carbons (Fsp3) is 0.370. The largest absolute Gasteiger partial charge is 0.440 e. The maximum absolute atomic E-state index is 12.8. The second-order valence-electron chi connectivity index (χ2n) is 10.0. The van der Waals surface area contributed by atoms with E-state index < -0.39 is 0 Å². The van der Waals surface area contributed by atoms with Gasteiger partial charge in [-0.3, -0.25) is 0 Å². The lowest BCUT2D eigenvalue weighted by molar-refractivity contribution is 0.201. The molecule has 1 aromatic heterocycles. The summed E-state index contributed by atoms with van der Waals surface area (Å²) in [5.74, 6) is 1.05. The molecule has 1 aliphatic heterocycles.